The van der Waals surface area contributed by atoms with Gasteiger partial charge < -0.3 is 20.5 Å². The first-order valence-corrected chi connectivity index (χ1v) is 14.3. The molecule has 0 atom stereocenters. The minimum absolute atomic E-state index is 0.0349. The maximum absolute atomic E-state index is 14.7. The first-order valence-electron chi connectivity index (χ1n) is 14.3. The average Bonchev–Trinajstić information content (AvgIpc) is 3.62. The highest BCUT2D eigenvalue weighted by Gasteiger charge is 2.29. The summed E-state index contributed by atoms with van der Waals surface area (Å²) in [6.07, 6.45) is 5.26. The monoisotopic (exact) mass is 574 g/mol. The summed E-state index contributed by atoms with van der Waals surface area (Å²) >= 11 is 0. The molecule has 4 heterocycles. The number of fused-ring (bicyclic) bond motifs is 2. The number of amides is 1. The Balaban J connectivity index is 1.23. The number of halogens is 1. The Bertz CT molecular complexity index is 1970. The van der Waals surface area contributed by atoms with Crippen LogP contribution in [0.15, 0.2) is 73.1 Å². The minimum atomic E-state index is -0.293. The number of aromatic amines is 2. The first-order chi connectivity index (χ1) is 20.9. The van der Waals surface area contributed by atoms with E-state index in [0.29, 0.717) is 23.4 Å². The molecule has 1 aliphatic carbocycles. The van der Waals surface area contributed by atoms with Gasteiger partial charge in [-0.15, -0.1) is 0 Å². The summed E-state index contributed by atoms with van der Waals surface area (Å²) in [5.74, 6) is -0.151. The fourth-order valence-corrected chi connectivity index (χ4v) is 5.29. The molecule has 9 nitrogen and oxygen atoms in total. The number of pyridine rings is 2. The van der Waals surface area contributed by atoms with Crippen molar-refractivity contribution < 1.29 is 9.18 Å². The van der Waals surface area contributed by atoms with Crippen LogP contribution in [-0.2, 0) is 4.79 Å². The van der Waals surface area contributed by atoms with Crippen LogP contribution in [0.2, 0.25) is 0 Å². The van der Waals surface area contributed by atoms with E-state index in [1.807, 2.05) is 62.6 Å². The van der Waals surface area contributed by atoms with Crippen LogP contribution in [-0.4, -0.2) is 63.1 Å². The van der Waals surface area contributed by atoms with Gasteiger partial charge in [0.15, 0.2) is 0 Å². The number of likely N-dealkylation sites (N-methyl/N-ethyl adjacent to an activating group) is 1. The third-order valence-corrected chi connectivity index (χ3v) is 7.67. The zero-order valence-electron chi connectivity index (χ0n) is 23.9. The van der Waals surface area contributed by atoms with E-state index in [9.17, 15) is 9.18 Å². The standard InChI is InChI=1S/C33H31FN8O/c1-42(2)11-10-36-23-13-20(12-22(34)15-23)25-4-3-5-28-26(25)16-30(38-28)32-31-29(40-41-32)9-8-27(39-31)21-14-24(18-35-17-21)37-33(43)19-6-7-19/h3-5,8-9,12-19,36,38H,6-7,10-11H2,1-2H3,(H,37,43)(H,40,41). The van der Waals surface area contributed by atoms with Crippen LogP contribution in [0.3, 0.4) is 0 Å². The summed E-state index contributed by atoms with van der Waals surface area (Å²) in [5.41, 5.74) is 8.49. The quantitative estimate of drug-likeness (QED) is 0.161. The summed E-state index contributed by atoms with van der Waals surface area (Å²) in [6.45, 7) is 1.56. The Hall–Kier alpha value is -5.09. The second kappa shape index (κ2) is 11.0. The SMILES string of the molecule is CN(C)CCNc1cc(F)cc(-c2cccc3[nH]c(-c4n[nH]c5ccc(-c6cncc(NC(=O)C7CC7)c6)nc45)cc23)c1. The van der Waals surface area contributed by atoms with E-state index < -0.39 is 0 Å². The van der Waals surface area contributed by atoms with Gasteiger partial charge in [-0.05, 0) is 86.6 Å². The molecule has 10 heteroatoms. The van der Waals surface area contributed by atoms with Crippen LogP contribution in [0, 0.1) is 11.7 Å². The van der Waals surface area contributed by atoms with Crippen LogP contribution in [0.5, 0.6) is 0 Å². The van der Waals surface area contributed by atoms with Crippen molar-refractivity contribution in [3.63, 3.8) is 0 Å². The molecule has 2 aromatic carbocycles. The topological polar surface area (TPSA) is 115 Å². The maximum Gasteiger partial charge on any atom is 0.227 e. The van der Waals surface area contributed by atoms with Gasteiger partial charge in [-0.1, -0.05) is 12.1 Å². The van der Waals surface area contributed by atoms with Gasteiger partial charge in [0, 0.05) is 47.4 Å². The van der Waals surface area contributed by atoms with Crippen molar-refractivity contribution in [1.82, 2.24) is 30.0 Å². The van der Waals surface area contributed by atoms with Gasteiger partial charge in [-0.25, -0.2) is 9.37 Å². The van der Waals surface area contributed by atoms with E-state index >= 15 is 0 Å². The second-order valence-electron chi connectivity index (χ2n) is 11.3. The molecule has 0 unspecified atom stereocenters. The predicted molar refractivity (Wildman–Crippen MR) is 168 cm³/mol. The number of anilines is 2. The molecule has 1 aliphatic rings. The smallest absolute Gasteiger partial charge is 0.227 e. The predicted octanol–water partition coefficient (Wildman–Crippen LogP) is 6.30. The molecule has 4 N–H and O–H groups in total. The van der Waals surface area contributed by atoms with Crippen molar-refractivity contribution in [2.75, 3.05) is 37.8 Å². The zero-order valence-corrected chi connectivity index (χ0v) is 23.9. The van der Waals surface area contributed by atoms with Crippen molar-refractivity contribution in [2.45, 2.75) is 12.8 Å². The van der Waals surface area contributed by atoms with E-state index in [1.165, 1.54) is 6.07 Å². The highest BCUT2D eigenvalue weighted by atomic mass is 19.1. The lowest BCUT2D eigenvalue weighted by Crippen LogP contribution is -2.20. The van der Waals surface area contributed by atoms with Gasteiger partial charge in [-0.2, -0.15) is 5.10 Å². The van der Waals surface area contributed by atoms with Crippen LogP contribution >= 0.6 is 0 Å². The molecule has 6 aromatic rings. The van der Waals surface area contributed by atoms with E-state index in [2.05, 4.69) is 35.7 Å². The fourth-order valence-electron chi connectivity index (χ4n) is 5.29. The molecule has 1 saturated carbocycles. The molecule has 1 fully saturated rings. The summed E-state index contributed by atoms with van der Waals surface area (Å²) in [5, 5.41) is 14.9. The average molecular weight is 575 g/mol. The third kappa shape index (κ3) is 5.56. The maximum atomic E-state index is 14.7. The van der Waals surface area contributed by atoms with Crippen LogP contribution < -0.4 is 10.6 Å². The van der Waals surface area contributed by atoms with Crippen molar-refractivity contribution in [2.24, 2.45) is 5.92 Å². The lowest BCUT2D eigenvalue weighted by Gasteiger charge is -2.13. The van der Waals surface area contributed by atoms with Crippen molar-refractivity contribution in [3.05, 3.63) is 78.9 Å². The molecule has 0 radical (unpaired) electrons. The van der Waals surface area contributed by atoms with E-state index in [-0.39, 0.29) is 17.6 Å². The fraction of sp³-hybridized carbons (Fsp3) is 0.212. The van der Waals surface area contributed by atoms with Crippen LogP contribution in [0.4, 0.5) is 15.8 Å². The van der Waals surface area contributed by atoms with Gasteiger partial charge in [0.1, 0.15) is 17.0 Å². The summed E-state index contributed by atoms with van der Waals surface area (Å²) in [4.78, 5) is 27.1. The third-order valence-electron chi connectivity index (χ3n) is 7.67. The van der Waals surface area contributed by atoms with Crippen LogP contribution in [0.25, 0.3) is 55.7 Å². The number of nitrogens with zero attached hydrogens (tertiary/aromatic N) is 4. The zero-order chi connectivity index (χ0) is 29.5. The van der Waals surface area contributed by atoms with Crippen molar-refractivity contribution in [3.8, 4) is 33.8 Å². The largest absolute Gasteiger partial charge is 0.384 e. The molecule has 0 saturated heterocycles. The highest BCUT2D eigenvalue weighted by Crippen LogP contribution is 2.36. The highest BCUT2D eigenvalue weighted by molar-refractivity contribution is 6.01. The van der Waals surface area contributed by atoms with Gasteiger partial charge >= 0.3 is 0 Å². The summed E-state index contributed by atoms with van der Waals surface area (Å²) < 4.78 is 14.7. The first kappa shape index (κ1) is 26.8. The van der Waals surface area contributed by atoms with Crippen LogP contribution in [0.1, 0.15) is 12.8 Å². The minimum Gasteiger partial charge on any atom is -0.384 e. The lowest BCUT2D eigenvalue weighted by molar-refractivity contribution is -0.117. The van der Waals surface area contributed by atoms with E-state index in [4.69, 9.17) is 4.98 Å². The molecule has 0 bridgehead atoms. The lowest BCUT2D eigenvalue weighted by atomic mass is 10.0. The Kier molecular flexibility index (Phi) is 6.83. The number of rotatable bonds is 9. The van der Waals surface area contributed by atoms with Gasteiger partial charge in [-0.3, -0.25) is 14.9 Å². The Morgan fingerprint density at radius 1 is 1.00 bits per heavy atom. The van der Waals surface area contributed by atoms with Gasteiger partial charge in [0.2, 0.25) is 5.91 Å². The second-order valence-corrected chi connectivity index (χ2v) is 11.3. The molecule has 4 aromatic heterocycles. The van der Waals surface area contributed by atoms with E-state index in [0.717, 1.165) is 69.6 Å². The Morgan fingerprint density at radius 3 is 2.70 bits per heavy atom. The number of hydrogen-bond donors (Lipinski definition) is 4. The van der Waals surface area contributed by atoms with Crippen molar-refractivity contribution in [1.29, 1.82) is 0 Å². The van der Waals surface area contributed by atoms with Gasteiger partial charge in [0.05, 0.1) is 28.8 Å². The Morgan fingerprint density at radius 2 is 1.86 bits per heavy atom. The summed E-state index contributed by atoms with van der Waals surface area (Å²) in [6, 6.07) is 18.8. The van der Waals surface area contributed by atoms with E-state index in [1.54, 1.807) is 18.5 Å². The molecule has 43 heavy (non-hydrogen) atoms. The number of benzene rings is 2. The number of aromatic nitrogens is 5. The normalized spacial score (nSPS) is 13.2. The molecule has 7 rings (SSSR count). The number of hydrogen-bond acceptors (Lipinski definition) is 6. The molecule has 1 amide bonds. The number of carbonyl (C=O) groups is 1. The molecule has 216 valence electrons. The number of carbonyl (C=O) groups excluding carboxylic acids is 1. The molecular weight excluding hydrogens is 543 g/mol. The molecular formula is C33H31FN8O. The summed E-state index contributed by atoms with van der Waals surface area (Å²) in [7, 11) is 4.02. The molecule has 0 aliphatic heterocycles. The van der Waals surface area contributed by atoms with Crippen molar-refractivity contribution >= 4 is 39.2 Å². The molecule has 0 spiro atoms. The Labute approximate surface area is 247 Å². The van der Waals surface area contributed by atoms with Gasteiger partial charge in [0.25, 0.3) is 0 Å². The number of H-pyrrole nitrogens is 2. The number of nitrogens with one attached hydrogen (secondary N) is 4.